The summed E-state index contributed by atoms with van der Waals surface area (Å²) in [5.74, 6) is -4.53. The molecule has 0 saturated carbocycles. The number of hydrogen-bond acceptors (Lipinski definition) is 3. The first-order valence-corrected chi connectivity index (χ1v) is 5.38. The zero-order valence-electron chi connectivity index (χ0n) is 10.2. The van der Waals surface area contributed by atoms with E-state index in [9.17, 15) is 13.6 Å². The van der Waals surface area contributed by atoms with Crippen LogP contribution in [0.3, 0.4) is 0 Å². The highest BCUT2D eigenvalue weighted by Crippen LogP contribution is 2.20. The SMILES string of the molecule is CCOC(=O)C(F)(F)C=Cc1ccc(OC)cc1. The summed E-state index contributed by atoms with van der Waals surface area (Å²) in [6, 6.07) is 6.50. The molecule has 3 nitrogen and oxygen atoms in total. The predicted molar refractivity (Wildman–Crippen MR) is 63.6 cm³/mol. The Balaban J connectivity index is 2.75. The molecule has 0 aliphatic heterocycles. The lowest BCUT2D eigenvalue weighted by Gasteiger charge is -2.09. The highest BCUT2D eigenvalue weighted by Gasteiger charge is 2.37. The molecule has 0 heterocycles. The maximum atomic E-state index is 13.2. The smallest absolute Gasteiger partial charge is 0.381 e. The second-order valence-corrected chi connectivity index (χ2v) is 3.45. The highest BCUT2D eigenvalue weighted by molar-refractivity contribution is 5.81. The monoisotopic (exact) mass is 256 g/mol. The largest absolute Gasteiger partial charge is 0.497 e. The Hall–Kier alpha value is -1.91. The first-order chi connectivity index (χ1) is 8.49. The van der Waals surface area contributed by atoms with Crippen molar-refractivity contribution in [3.63, 3.8) is 0 Å². The summed E-state index contributed by atoms with van der Waals surface area (Å²) < 4.78 is 35.7. The Bertz CT molecular complexity index is 424. The summed E-state index contributed by atoms with van der Waals surface area (Å²) >= 11 is 0. The summed E-state index contributed by atoms with van der Waals surface area (Å²) in [6.07, 6.45) is 1.68. The first kappa shape index (κ1) is 14.2. The molecular weight excluding hydrogens is 242 g/mol. The van der Waals surface area contributed by atoms with Gasteiger partial charge >= 0.3 is 11.9 Å². The van der Waals surface area contributed by atoms with Gasteiger partial charge in [-0.3, -0.25) is 0 Å². The molecule has 1 rings (SSSR count). The Kier molecular flexibility index (Phi) is 4.83. The number of alkyl halides is 2. The molecule has 0 aliphatic rings. The number of ether oxygens (including phenoxy) is 2. The molecule has 0 saturated heterocycles. The van der Waals surface area contributed by atoms with E-state index in [1.807, 2.05) is 0 Å². The summed E-state index contributed by atoms with van der Waals surface area (Å²) in [7, 11) is 1.51. The van der Waals surface area contributed by atoms with Gasteiger partial charge in [-0.1, -0.05) is 18.2 Å². The standard InChI is InChI=1S/C13H14F2O3/c1-3-18-12(16)13(14,15)9-8-10-4-6-11(17-2)7-5-10/h4-9H,3H2,1-2H3. The van der Waals surface area contributed by atoms with Gasteiger partial charge in [0.15, 0.2) is 0 Å². The van der Waals surface area contributed by atoms with E-state index >= 15 is 0 Å². The van der Waals surface area contributed by atoms with Gasteiger partial charge in [0.05, 0.1) is 13.7 Å². The van der Waals surface area contributed by atoms with E-state index < -0.39 is 11.9 Å². The van der Waals surface area contributed by atoms with Crippen LogP contribution in [0.15, 0.2) is 30.3 Å². The fraction of sp³-hybridized carbons (Fsp3) is 0.308. The van der Waals surface area contributed by atoms with Crippen LogP contribution in [-0.4, -0.2) is 25.6 Å². The van der Waals surface area contributed by atoms with Crippen molar-refractivity contribution in [1.82, 2.24) is 0 Å². The van der Waals surface area contributed by atoms with Gasteiger partial charge in [0.2, 0.25) is 0 Å². The Labute approximate surface area is 104 Å². The van der Waals surface area contributed by atoms with Crippen molar-refractivity contribution in [2.75, 3.05) is 13.7 Å². The molecule has 0 spiro atoms. The fourth-order valence-electron chi connectivity index (χ4n) is 1.21. The van der Waals surface area contributed by atoms with Crippen LogP contribution in [-0.2, 0) is 9.53 Å². The highest BCUT2D eigenvalue weighted by atomic mass is 19.3. The molecule has 18 heavy (non-hydrogen) atoms. The number of methoxy groups -OCH3 is 1. The van der Waals surface area contributed by atoms with Crippen molar-refractivity contribution in [2.24, 2.45) is 0 Å². The van der Waals surface area contributed by atoms with Crippen molar-refractivity contribution in [1.29, 1.82) is 0 Å². The normalized spacial score (nSPS) is 11.6. The summed E-state index contributed by atoms with van der Waals surface area (Å²) in [6.45, 7) is 1.39. The van der Waals surface area contributed by atoms with E-state index in [0.29, 0.717) is 17.4 Å². The lowest BCUT2D eigenvalue weighted by molar-refractivity contribution is -0.164. The van der Waals surface area contributed by atoms with Crippen molar-refractivity contribution in [3.05, 3.63) is 35.9 Å². The lowest BCUT2D eigenvalue weighted by Crippen LogP contribution is -2.28. The molecular formula is C13H14F2O3. The van der Waals surface area contributed by atoms with Crippen LogP contribution in [0.5, 0.6) is 5.75 Å². The molecule has 5 heteroatoms. The number of rotatable bonds is 5. The van der Waals surface area contributed by atoms with E-state index in [0.717, 1.165) is 6.08 Å². The average Bonchev–Trinajstić information content (AvgIpc) is 2.37. The predicted octanol–water partition coefficient (Wildman–Crippen LogP) is 2.91. The Morgan fingerprint density at radius 3 is 2.44 bits per heavy atom. The van der Waals surface area contributed by atoms with Gasteiger partial charge < -0.3 is 9.47 Å². The molecule has 0 bridgehead atoms. The van der Waals surface area contributed by atoms with Crippen LogP contribution in [0, 0.1) is 0 Å². The second kappa shape index (κ2) is 6.14. The minimum absolute atomic E-state index is 0.0786. The summed E-state index contributed by atoms with van der Waals surface area (Å²) in [4.78, 5) is 10.9. The number of hydrogen-bond donors (Lipinski definition) is 0. The number of carbonyl (C=O) groups is 1. The van der Waals surface area contributed by atoms with Crippen LogP contribution in [0.4, 0.5) is 8.78 Å². The minimum Gasteiger partial charge on any atom is -0.497 e. The Morgan fingerprint density at radius 1 is 1.33 bits per heavy atom. The molecule has 0 atom stereocenters. The van der Waals surface area contributed by atoms with Gasteiger partial charge in [-0.05, 0) is 30.7 Å². The van der Waals surface area contributed by atoms with Crippen LogP contribution in [0.1, 0.15) is 12.5 Å². The molecule has 0 radical (unpaired) electrons. The van der Waals surface area contributed by atoms with Gasteiger partial charge in [0.25, 0.3) is 0 Å². The van der Waals surface area contributed by atoms with Gasteiger partial charge in [-0.2, -0.15) is 8.78 Å². The van der Waals surface area contributed by atoms with Crippen LogP contribution >= 0.6 is 0 Å². The zero-order chi connectivity index (χ0) is 13.6. The zero-order valence-corrected chi connectivity index (χ0v) is 10.2. The van der Waals surface area contributed by atoms with Gasteiger partial charge in [-0.15, -0.1) is 0 Å². The van der Waals surface area contributed by atoms with Gasteiger partial charge in [0.1, 0.15) is 5.75 Å². The minimum atomic E-state index is -3.62. The van der Waals surface area contributed by atoms with Gasteiger partial charge in [-0.25, -0.2) is 4.79 Å². The van der Waals surface area contributed by atoms with Gasteiger partial charge in [0, 0.05) is 0 Å². The van der Waals surface area contributed by atoms with Crippen LogP contribution < -0.4 is 4.74 Å². The van der Waals surface area contributed by atoms with Crippen LogP contribution in [0.25, 0.3) is 6.08 Å². The van der Waals surface area contributed by atoms with E-state index in [4.69, 9.17) is 4.74 Å². The molecule has 0 aliphatic carbocycles. The number of halogens is 2. The third-order valence-electron chi connectivity index (χ3n) is 2.15. The Morgan fingerprint density at radius 2 is 1.94 bits per heavy atom. The maximum Gasteiger partial charge on any atom is 0.381 e. The molecule has 0 fully saturated rings. The number of carbonyl (C=O) groups excluding carboxylic acids is 1. The molecule has 0 N–H and O–H groups in total. The fourth-order valence-corrected chi connectivity index (χ4v) is 1.21. The topological polar surface area (TPSA) is 35.5 Å². The molecule has 0 amide bonds. The van der Waals surface area contributed by atoms with Crippen molar-refractivity contribution in [2.45, 2.75) is 12.8 Å². The quantitative estimate of drug-likeness (QED) is 0.760. The van der Waals surface area contributed by atoms with Crippen molar-refractivity contribution in [3.8, 4) is 5.75 Å². The van der Waals surface area contributed by atoms with E-state index in [2.05, 4.69) is 4.74 Å². The number of esters is 1. The molecule has 1 aromatic carbocycles. The lowest BCUT2D eigenvalue weighted by atomic mass is 10.2. The van der Waals surface area contributed by atoms with E-state index in [1.54, 1.807) is 24.3 Å². The third-order valence-corrected chi connectivity index (χ3v) is 2.15. The average molecular weight is 256 g/mol. The summed E-state index contributed by atoms with van der Waals surface area (Å²) in [5.41, 5.74) is 0.541. The molecule has 1 aromatic rings. The van der Waals surface area contributed by atoms with Crippen LogP contribution in [0.2, 0.25) is 0 Å². The second-order valence-electron chi connectivity index (χ2n) is 3.45. The molecule has 98 valence electrons. The van der Waals surface area contributed by atoms with E-state index in [-0.39, 0.29) is 6.61 Å². The number of benzene rings is 1. The maximum absolute atomic E-state index is 13.2. The molecule has 0 aromatic heterocycles. The summed E-state index contributed by atoms with van der Waals surface area (Å²) in [5, 5.41) is 0. The van der Waals surface area contributed by atoms with Crippen molar-refractivity contribution >= 4 is 12.0 Å². The van der Waals surface area contributed by atoms with Crippen molar-refractivity contribution < 1.29 is 23.0 Å². The van der Waals surface area contributed by atoms with E-state index in [1.165, 1.54) is 14.0 Å². The first-order valence-electron chi connectivity index (χ1n) is 5.38. The third kappa shape index (κ3) is 3.84. The molecule has 0 unspecified atom stereocenters.